The molecule has 0 spiro atoms. The standard InChI is InChI=1S/C11H10N2O2S/c1-3-7-12-11-10-8(2)5-4-6-9(10)16(14,15)13-11/h1,4-6H,7H2,2H3,(H,12,13). The molecule has 0 atom stereocenters. The van der Waals surface area contributed by atoms with Crippen molar-refractivity contribution >= 4 is 15.9 Å². The molecule has 0 unspecified atom stereocenters. The summed E-state index contributed by atoms with van der Waals surface area (Å²) in [6.07, 6.45) is 5.12. The number of rotatable bonds is 1. The van der Waals surface area contributed by atoms with Gasteiger partial charge in [0.1, 0.15) is 10.7 Å². The molecule has 1 aliphatic heterocycles. The van der Waals surface area contributed by atoms with Gasteiger partial charge >= 0.3 is 0 Å². The minimum Gasteiger partial charge on any atom is -0.358 e. The molecule has 1 heterocycles. The molecule has 0 fully saturated rings. The third-order valence-corrected chi connectivity index (χ3v) is 3.64. The first-order valence-electron chi connectivity index (χ1n) is 4.68. The number of hydrogen-bond acceptors (Lipinski definition) is 3. The SMILES string of the molecule is C#CCNC1=NS(=O)(=O)c2cccc(C)c21. The van der Waals surface area contributed by atoms with Crippen LogP contribution in [0.1, 0.15) is 11.1 Å². The molecule has 1 aromatic rings. The van der Waals surface area contributed by atoms with E-state index in [0.29, 0.717) is 11.4 Å². The molecule has 1 aromatic carbocycles. The van der Waals surface area contributed by atoms with E-state index in [4.69, 9.17) is 6.42 Å². The second-order valence-corrected chi connectivity index (χ2v) is 4.99. The summed E-state index contributed by atoms with van der Waals surface area (Å²) in [4.78, 5) is 0.243. The number of hydrogen-bond donors (Lipinski definition) is 1. The van der Waals surface area contributed by atoms with Gasteiger partial charge in [0.25, 0.3) is 10.0 Å². The van der Waals surface area contributed by atoms with E-state index in [1.54, 1.807) is 12.1 Å². The lowest BCUT2D eigenvalue weighted by molar-refractivity contribution is 0.599. The van der Waals surface area contributed by atoms with Gasteiger partial charge < -0.3 is 5.32 Å². The smallest absolute Gasteiger partial charge is 0.285 e. The zero-order valence-corrected chi connectivity index (χ0v) is 9.50. The van der Waals surface area contributed by atoms with Crippen LogP contribution >= 0.6 is 0 Å². The number of benzene rings is 1. The molecule has 0 saturated carbocycles. The fourth-order valence-corrected chi connectivity index (χ4v) is 2.89. The van der Waals surface area contributed by atoms with Gasteiger partial charge in [0.2, 0.25) is 0 Å². The molecule has 0 amide bonds. The second kappa shape index (κ2) is 3.65. The molecule has 5 heteroatoms. The lowest BCUT2D eigenvalue weighted by Crippen LogP contribution is -2.23. The summed E-state index contributed by atoms with van der Waals surface area (Å²) >= 11 is 0. The fourth-order valence-electron chi connectivity index (χ4n) is 1.63. The summed E-state index contributed by atoms with van der Waals surface area (Å²) in [6.45, 7) is 2.09. The maximum absolute atomic E-state index is 11.7. The summed E-state index contributed by atoms with van der Waals surface area (Å²) in [5.74, 6) is 2.72. The highest BCUT2D eigenvalue weighted by atomic mass is 32.2. The van der Waals surface area contributed by atoms with Crippen molar-refractivity contribution in [1.82, 2.24) is 5.32 Å². The van der Waals surface area contributed by atoms with Crippen LogP contribution in [0.15, 0.2) is 27.5 Å². The average molecular weight is 234 g/mol. The van der Waals surface area contributed by atoms with Gasteiger partial charge in [0, 0.05) is 5.56 Å². The molecule has 1 N–H and O–H groups in total. The predicted molar refractivity (Wildman–Crippen MR) is 61.7 cm³/mol. The van der Waals surface area contributed by atoms with E-state index in [-0.39, 0.29) is 11.4 Å². The van der Waals surface area contributed by atoms with E-state index in [9.17, 15) is 8.42 Å². The third kappa shape index (κ3) is 1.57. The average Bonchev–Trinajstić information content (AvgIpc) is 2.49. The third-order valence-electron chi connectivity index (χ3n) is 2.32. The van der Waals surface area contributed by atoms with Crippen molar-refractivity contribution < 1.29 is 8.42 Å². The maximum Gasteiger partial charge on any atom is 0.285 e. The lowest BCUT2D eigenvalue weighted by atomic mass is 10.1. The van der Waals surface area contributed by atoms with Crippen LogP contribution in [-0.4, -0.2) is 20.8 Å². The van der Waals surface area contributed by atoms with Gasteiger partial charge in [-0.2, -0.15) is 8.42 Å². The Labute approximate surface area is 94.5 Å². The van der Waals surface area contributed by atoms with Crippen molar-refractivity contribution in [1.29, 1.82) is 0 Å². The van der Waals surface area contributed by atoms with Crippen LogP contribution in [-0.2, 0) is 10.0 Å². The highest BCUT2D eigenvalue weighted by Crippen LogP contribution is 2.27. The molecule has 0 aliphatic carbocycles. The first kappa shape index (κ1) is 10.7. The molecular weight excluding hydrogens is 224 g/mol. The molecule has 0 saturated heterocycles. The Kier molecular flexibility index (Phi) is 2.44. The van der Waals surface area contributed by atoms with Gasteiger partial charge in [-0.15, -0.1) is 10.8 Å². The van der Waals surface area contributed by atoms with E-state index in [0.717, 1.165) is 5.56 Å². The summed E-state index contributed by atoms with van der Waals surface area (Å²) in [6, 6.07) is 5.09. The zero-order chi connectivity index (χ0) is 11.8. The van der Waals surface area contributed by atoms with Gasteiger partial charge in [-0.1, -0.05) is 18.1 Å². The predicted octanol–water partition coefficient (Wildman–Crippen LogP) is 0.667. The Balaban J connectivity index is 2.59. The molecular formula is C11H10N2O2S. The van der Waals surface area contributed by atoms with Crippen LogP contribution in [0.4, 0.5) is 0 Å². The Morgan fingerprint density at radius 2 is 2.25 bits per heavy atom. The van der Waals surface area contributed by atoms with Gasteiger partial charge in [-0.3, -0.25) is 0 Å². The number of sulfonamides is 1. The van der Waals surface area contributed by atoms with Gasteiger partial charge in [0.15, 0.2) is 0 Å². The molecule has 0 bridgehead atoms. The number of nitrogens with one attached hydrogen (secondary N) is 1. The van der Waals surface area contributed by atoms with Gasteiger partial charge in [-0.05, 0) is 18.6 Å². The summed E-state index contributed by atoms with van der Waals surface area (Å²) < 4.78 is 27.1. The van der Waals surface area contributed by atoms with Crippen molar-refractivity contribution in [2.75, 3.05) is 6.54 Å². The minimum atomic E-state index is -3.55. The molecule has 0 aromatic heterocycles. The van der Waals surface area contributed by atoms with Crippen LogP contribution in [0.2, 0.25) is 0 Å². The number of amidine groups is 1. The molecule has 2 rings (SSSR count). The highest BCUT2D eigenvalue weighted by Gasteiger charge is 2.29. The van der Waals surface area contributed by atoms with Crippen LogP contribution in [0.25, 0.3) is 0 Å². The van der Waals surface area contributed by atoms with Crippen molar-refractivity contribution in [2.24, 2.45) is 4.40 Å². The van der Waals surface area contributed by atoms with E-state index < -0.39 is 10.0 Å². The Bertz CT molecular complexity index is 609. The number of terminal acetylenes is 1. The molecule has 4 nitrogen and oxygen atoms in total. The highest BCUT2D eigenvalue weighted by molar-refractivity contribution is 7.90. The molecule has 0 radical (unpaired) electrons. The minimum absolute atomic E-state index is 0.243. The van der Waals surface area contributed by atoms with E-state index in [1.807, 2.05) is 13.0 Å². The Morgan fingerprint density at radius 3 is 2.94 bits per heavy atom. The van der Waals surface area contributed by atoms with Crippen molar-refractivity contribution in [3.05, 3.63) is 29.3 Å². The lowest BCUT2D eigenvalue weighted by Gasteiger charge is -2.05. The topological polar surface area (TPSA) is 58.5 Å². The fraction of sp³-hybridized carbons (Fsp3) is 0.182. The molecule has 16 heavy (non-hydrogen) atoms. The van der Waals surface area contributed by atoms with Crippen molar-refractivity contribution in [2.45, 2.75) is 11.8 Å². The molecule has 1 aliphatic rings. The van der Waals surface area contributed by atoms with E-state index >= 15 is 0 Å². The van der Waals surface area contributed by atoms with Crippen LogP contribution in [0.5, 0.6) is 0 Å². The summed E-state index contributed by atoms with van der Waals surface area (Å²) in [7, 11) is -3.55. The van der Waals surface area contributed by atoms with Gasteiger partial charge in [-0.25, -0.2) is 0 Å². The molecule has 82 valence electrons. The maximum atomic E-state index is 11.7. The number of aryl methyl sites for hydroxylation is 1. The number of nitrogens with zero attached hydrogens (tertiary/aromatic N) is 1. The Hall–Kier alpha value is -1.80. The van der Waals surface area contributed by atoms with Gasteiger partial charge in [0.05, 0.1) is 6.54 Å². The van der Waals surface area contributed by atoms with E-state index in [2.05, 4.69) is 15.6 Å². The first-order chi connectivity index (χ1) is 7.56. The monoisotopic (exact) mass is 234 g/mol. The van der Waals surface area contributed by atoms with E-state index in [1.165, 1.54) is 0 Å². The van der Waals surface area contributed by atoms with Crippen LogP contribution in [0.3, 0.4) is 0 Å². The zero-order valence-electron chi connectivity index (χ0n) is 8.69. The van der Waals surface area contributed by atoms with Crippen molar-refractivity contribution in [3.8, 4) is 12.3 Å². The first-order valence-corrected chi connectivity index (χ1v) is 6.12. The number of fused-ring (bicyclic) bond motifs is 1. The van der Waals surface area contributed by atoms with Crippen molar-refractivity contribution in [3.63, 3.8) is 0 Å². The quantitative estimate of drug-likeness (QED) is 0.726. The Morgan fingerprint density at radius 1 is 1.50 bits per heavy atom. The normalized spacial score (nSPS) is 16.1. The van der Waals surface area contributed by atoms with Crippen LogP contribution in [0, 0.1) is 19.3 Å². The van der Waals surface area contributed by atoms with Crippen LogP contribution < -0.4 is 5.32 Å². The second-order valence-electron chi connectivity index (χ2n) is 3.42. The largest absolute Gasteiger partial charge is 0.358 e. The summed E-state index contributed by atoms with van der Waals surface area (Å²) in [5.41, 5.74) is 1.49. The summed E-state index contributed by atoms with van der Waals surface area (Å²) in [5, 5.41) is 2.82.